The Morgan fingerprint density at radius 3 is 1.16 bits per heavy atom. The van der Waals surface area contributed by atoms with Gasteiger partial charge in [-0.05, 0) is 239 Å². The van der Waals surface area contributed by atoms with E-state index in [9.17, 15) is 57.6 Å². The van der Waals surface area contributed by atoms with Crippen molar-refractivity contribution in [2.45, 2.75) is 165 Å². The molecule has 8 aromatic rings. The molecule has 682 valence electrons. The molecule has 20 rings (SSSR count). The maximum Gasteiger partial charge on any atom is 0.373 e. The number of hydrogen-bond donors (Lipinski definition) is 2. The molecule has 4 aliphatic heterocycles. The van der Waals surface area contributed by atoms with Crippen molar-refractivity contribution >= 4 is 111 Å². The van der Waals surface area contributed by atoms with E-state index in [0.29, 0.717) is 71.1 Å². The van der Waals surface area contributed by atoms with Gasteiger partial charge in [-0.25, -0.2) is 33.7 Å². The molecule has 129 heavy (non-hydrogen) atoms. The van der Waals surface area contributed by atoms with Crippen molar-refractivity contribution in [1.29, 1.82) is 0 Å². The smallest absolute Gasteiger partial charge is 0.373 e. The maximum atomic E-state index is 12.7. The summed E-state index contributed by atoms with van der Waals surface area (Å²) in [5.74, 6) is 0.992. The minimum atomic E-state index is -3.40. The fourth-order valence-corrected chi connectivity index (χ4v) is 24.4. The number of carbonyl (C=O) groups excluding carboxylic acids is 3. The van der Waals surface area contributed by atoms with Crippen molar-refractivity contribution in [1.82, 2.24) is 18.3 Å². The van der Waals surface area contributed by atoms with Crippen molar-refractivity contribution in [3.05, 3.63) is 208 Å². The molecule has 0 radical (unpaired) electrons. The Kier molecular flexibility index (Phi) is 25.3. The second-order valence-electron chi connectivity index (χ2n) is 37.9. The lowest BCUT2D eigenvalue weighted by Crippen LogP contribution is -2.36. The van der Waals surface area contributed by atoms with Crippen molar-refractivity contribution in [2.24, 2.45) is 55.8 Å². The van der Waals surface area contributed by atoms with Gasteiger partial charge in [-0.1, -0.05) is 75.3 Å². The summed E-state index contributed by atoms with van der Waals surface area (Å²) in [6.45, 7) is 12.5. The summed E-state index contributed by atoms with van der Waals surface area (Å²) in [6, 6.07) is 22.4. The second kappa shape index (κ2) is 35.8. The van der Waals surface area contributed by atoms with E-state index < -0.39 is 39.7 Å². The lowest BCUT2D eigenvalue weighted by Gasteiger charge is -2.36. The van der Waals surface area contributed by atoms with Gasteiger partial charge in [-0.2, -0.15) is 9.59 Å². The number of benzene rings is 4. The number of aromatic nitrogens is 4. The Morgan fingerprint density at radius 2 is 0.798 bits per heavy atom. The van der Waals surface area contributed by atoms with Gasteiger partial charge in [-0.3, -0.25) is 33.4 Å². The highest BCUT2D eigenvalue weighted by Gasteiger charge is 2.58. The van der Waals surface area contributed by atoms with Crippen LogP contribution in [0.1, 0.15) is 168 Å². The number of fused-ring (bicyclic) bond motifs is 4. The number of pyridine rings is 4. The molecule has 2 N–H and O–H groups in total. The average molecular weight is 1830 g/mol. The first-order valence-corrected chi connectivity index (χ1v) is 52.4. The predicted molar refractivity (Wildman–Crippen MR) is 509 cm³/mol. The molecule has 0 amide bonds. The van der Waals surface area contributed by atoms with Gasteiger partial charge in [0, 0.05) is 224 Å². The molecule has 4 aromatic heterocycles. The number of allylic oxidation sites excluding steroid dienone is 4. The number of rotatable bonds is 20. The third kappa shape index (κ3) is 19.1. The number of hydrogen-bond acceptors (Lipinski definition) is 20. The predicted octanol–water partition coefficient (Wildman–Crippen LogP) is 13.9. The zero-order valence-electron chi connectivity index (χ0n) is 75.0. The van der Waals surface area contributed by atoms with E-state index in [1.54, 1.807) is 70.7 Å². The molecule has 4 saturated carbocycles. The van der Waals surface area contributed by atoms with Gasteiger partial charge < -0.3 is 42.6 Å². The van der Waals surface area contributed by atoms with E-state index in [1.807, 2.05) is 129 Å². The van der Waals surface area contributed by atoms with Gasteiger partial charge in [-0.15, -0.1) is 0 Å². The molecule has 8 aliphatic carbocycles. The van der Waals surface area contributed by atoms with E-state index in [2.05, 4.69) is 36.0 Å². The van der Waals surface area contributed by atoms with Crippen LogP contribution in [0.4, 0.5) is 34.1 Å². The molecule has 30 heteroatoms. The Bertz CT molecular complexity index is 6740. The summed E-state index contributed by atoms with van der Waals surface area (Å²) in [5.41, 5.74) is 21.4. The largest absolute Gasteiger partial charge is 0.464 e. The quantitative estimate of drug-likeness (QED) is 0.0669. The molecule has 4 saturated heterocycles. The van der Waals surface area contributed by atoms with Gasteiger partial charge in [0.15, 0.2) is 19.7 Å². The number of piperidine rings is 4. The van der Waals surface area contributed by atoms with Gasteiger partial charge in [0.05, 0.1) is 21.8 Å². The van der Waals surface area contributed by atoms with Crippen LogP contribution in [0.3, 0.4) is 0 Å². The van der Waals surface area contributed by atoms with Gasteiger partial charge in [0.25, 0.3) is 28.7 Å². The first kappa shape index (κ1) is 91.4. The summed E-state index contributed by atoms with van der Waals surface area (Å²) in [7, 11) is -6.43. The topological polar surface area (TPSA) is 322 Å². The van der Waals surface area contributed by atoms with Crippen LogP contribution in [0, 0.1) is 27.6 Å². The lowest BCUT2D eigenvalue weighted by molar-refractivity contribution is -0.191. The number of nitrogens with one attached hydrogen (secondary N) is 2. The first-order chi connectivity index (χ1) is 61.4. The fraction of sp³-hybridized carbons (Fsp3) is 0.455. The number of carbonyl (C=O) groups is 1. The molecule has 4 aromatic carbocycles. The number of sulfonamides is 2. The minimum Gasteiger partial charge on any atom is -0.464 e. The Balaban J connectivity index is 0.000000125. The van der Waals surface area contributed by atoms with Crippen LogP contribution in [-0.2, 0) is 113 Å². The van der Waals surface area contributed by atoms with Crippen molar-refractivity contribution in [3.8, 4) is 44.5 Å². The van der Waals surface area contributed by atoms with Crippen LogP contribution in [0.2, 0.25) is 0 Å². The highest BCUT2D eigenvalue weighted by Crippen LogP contribution is 2.62. The molecule has 2 unspecified atom stereocenters. The van der Waals surface area contributed by atoms with Gasteiger partial charge >= 0.3 is 6.15 Å². The molecule has 4 spiro atoms. The maximum absolute atomic E-state index is 12.7. The lowest BCUT2D eigenvalue weighted by atomic mass is 9.89. The van der Waals surface area contributed by atoms with E-state index >= 15 is 0 Å². The van der Waals surface area contributed by atoms with Crippen molar-refractivity contribution in [3.63, 3.8) is 0 Å². The van der Waals surface area contributed by atoms with Gasteiger partial charge in [0.1, 0.15) is 6.10 Å². The minimum absolute atomic E-state index is 0.0174. The fourth-order valence-electron chi connectivity index (χ4n) is 21.3. The van der Waals surface area contributed by atoms with E-state index in [0.717, 1.165) is 202 Å². The molecular formula is C99H116N10O16S4. The molecule has 8 fully saturated rings. The zero-order chi connectivity index (χ0) is 91.7. The third-order valence-electron chi connectivity index (χ3n) is 29.2. The monoisotopic (exact) mass is 1830 g/mol. The summed E-state index contributed by atoms with van der Waals surface area (Å²) in [5, 5.41) is 0. The normalized spacial score (nSPS) is 19.6. The zero-order valence-corrected chi connectivity index (χ0v) is 78.3. The molecule has 8 heterocycles. The number of ether oxygens (including phenoxy) is 1. The Hall–Kier alpha value is -10.9. The van der Waals surface area contributed by atoms with Crippen LogP contribution < -0.4 is 51.3 Å². The standard InChI is InChI=1S/C26H33N3O3S.C25H30N2O3S.C24H26N2O5S.C23H27N3O3S.CO2/c1-3-4-16-33(31,32)27-19-8-9-24(29-14-12-26(10-11-26)13-15-29)22(17-19)23-18-28(2)25(30)21-7-5-6-20(21)23;1-4-17-15-25(17)10-12-27(13-11-25)23-9-8-18(31(3,29)30)14-21(23)22-16-26(2)24(28)20-7-5-6-19(20)22;1-25-14-20(17-4-3-5-18(17)23(25)28)19-12-16(32(2,29)30)6-7-21(19)26-10-8-24(9-11-26)13-22(24)31-15-27;1-25-14-20(17-5-3-6-18(17)22(25)27)19-13-16(24-30(2,28)29)7-8-21(19)26-12-4-9-23(15-26)10-11-23;2-1-3/h5-6,8-9,17-18,27H,3-4,7,10-16H2,1-2H3;5-6,8-9,14,16-17H,4,7,10-13,15H2,1-3H3;3-4,6-7,12,14-15,22H,5,8-11,13H2,1-2H3;3,5,7-8,13-14,24H,4,6,9-12,15H2,1-2H3;. The first-order valence-electron chi connectivity index (χ1n) is 45.0. The summed E-state index contributed by atoms with van der Waals surface area (Å²) < 4.78 is 115. The van der Waals surface area contributed by atoms with E-state index in [-0.39, 0.29) is 50.6 Å². The highest BCUT2D eigenvalue weighted by atomic mass is 32.2. The van der Waals surface area contributed by atoms with E-state index in [1.165, 1.54) is 89.6 Å². The number of sulfone groups is 2. The summed E-state index contributed by atoms with van der Waals surface area (Å²) >= 11 is 0. The molecule has 0 bridgehead atoms. The summed E-state index contributed by atoms with van der Waals surface area (Å²) in [4.78, 5) is 87.6. The molecule has 12 aliphatic rings. The number of aryl methyl sites for hydroxylation is 4. The molecular weight excluding hydrogens is 1710 g/mol. The van der Waals surface area contributed by atoms with Crippen LogP contribution in [0.5, 0.6) is 0 Å². The molecule has 2 atom stereocenters. The van der Waals surface area contributed by atoms with Crippen LogP contribution in [0.25, 0.3) is 68.8 Å². The Morgan fingerprint density at radius 1 is 0.434 bits per heavy atom. The number of anilines is 6. The average Bonchev–Trinajstić information content (AvgIpc) is 1.59. The Labute approximate surface area is 755 Å². The van der Waals surface area contributed by atoms with Crippen molar-refractivity contribution < 1.29 is 52.8 Å². The van der Waals surface area contributed by atoms with E-state index in [4.69, 9.17) is 14.3 Å². The number of unbranched alkanes of at least 4 members (excludes halogenated alkanes) is 1. The van der Waals surface area contributed by atoms with Crippen molar-refractivity contribution in [2.75, 3.05) is 106 Å². The second-order valence-corrected chi connectivity index (χ2v) is 45.5. The third-order valence-corrected chi connectivity index (χ3v) is 33.4. The van der Waals surface area contributed by atoms with Crippen LogP contribution in [-0.4, -0.2) is 148 Å². The SMILES string of the molecule is CCC1CC12CCN(c1ccc(S(C)(=O)=O)cc1-c1cn(C)c(=O)c3c1C=CC3)CC2.CCCCS(=O)(=O)Nc1ccc(N2CCC3(CC2)CC3)c(-c2cn(C)c(=O)c3c2C=CC3)c1.Cn1cc(-c2cc(NS(C)(=O)=O)ccc2N2CCCC3(CC3)C2)c2c(c1=O)CC=C2.Cn1cc(-c2cc(S(C)(=O)=O)ccc2N2CCC3(CC2)CC3OC=O)c2c(c1=O)CC=C2.O=C=O. The highest BCUT2D eigenvalue weighted by molar-refractivity contribution is 7.92. The summed E-state index contributed by atoms with van der Waals surface area (Å²) in [6.07, 6.45) is 49.3. The van der Waals surface area contributed by atoms with Gasteiger partial charge in [0.2, 0.25) is 20.0 Å². The van der Waals surface area contributed by atoms with Crippen LogP contribution >= 0.6 is 0 Å². The molecule has 26 nitrogen and oxygen atoms in total. The van der Waals surface area contributed by atoms with Crippen LogP contribution in [0.15, 0.2) is 151 Å². The number of nitrogens with zero attached hydrogens (tertiary/aromatic N) is 8.